The number of nitrogens with zero attached hydrogens (tertiary/aromatic N) is 2. The normalized spacial score (nSPS) is 19.2. The SMILES string of the molecule is O=C(CC(F)(F)F)N1CC[C@H](Oc2ncccc2Br)C1. The van der Waals surface area contributed by atoms with E-state index in [0.717, 1.165) is 0 Å². The maximum absolute atomic E-state index is 12.2. The predicted octanol–water partition coefficient (Wildman–Crippen LogP) is 2.78. The molecule has 0 bridgehead atoms. The van der Waals surface area contributed by atoms with Gasteiger partial charge in [-0.05, 0) is 28.1 Å². The van der Waals surface area contributed by atoms with Crippen LogP contribution in [0.3, 0.4) is 0 Å². The monoisotopic (exact) mass is 352 g/mol. The van der Waals surface area contributed by atoms with E-state index in [1.807, 2.05) is 0 Å². The van der Waals surface area contributed by atoms with E-state index >= 15 is 0 Å². The van der Waals surface area contributed by atoms with Crippen LogP contribution in [0.15, 0.2) is 22.8 Å². The summed E-state index contributed by atoms with van der Waals surface area (Å²) in [4.78, 5) is 16.6. The van der Waals surface area contributed by atoms with E-state index in [4.69, 9.17) is 4.74 Å². The summed E-state index contributed by atoms with van der Waals surface area (Å²) in [6.07, 6.45) is -4.18. The van der Waals surface area contributed by atoms with Crippen molar-refractivity contribution in [2.45, 2.75) is 25.1 Å². The van der Waals surface area contributed by atoms with Crippen molar-refractivity contribution in [3.05, 3.63) is 22.8 Å². The molecule has 1 aromatic rings. The van der Waals surface area contributed by atoms with Gasteiger partial charge in [0.15, 0.2) is 0 Å². The van der Waals surface area contributed by atoms with Crippen LogP contribution < -0.4 is 4.74 Å². The Morgan fingerprint density at radius 2 is 2.30 bits per heavy atom. The molecule has 1 fully saturated rings. The maximum Gasteiger partial charge on any atom is 0.397 e. The molecule has 0 aliphatic carbocycles. The number of aromatic nitrogens is 1. The zero-order valence-corrected chi connectivity index (χ0v) is 11.9. The zero-order chi connectivity index (χ0) is 14.8. The minimum absolute atomic E-state index is 0.151. The molecule has 1 aliphatic rings. The molecule has 2 heterocycles. The Balaban J connectivity index is 1.90. The number of ether oxygens (including phenoxy) is 1. The summed E-state index contributed by atoms with van der Waals surface area (Å²) in [5.41, 5.74) is 0. The molecule has 0 N–H and O–H groups in total. The Labute approximate surface area is 122 Å². The molecule has 4 nitrogen and oxygen atoms in total. The lowest BCUT2D eigenvalue weighted by atomic mass is 10.3. The Bertz CT molecular complexity index is 496. The molecule has 1 atom stereocenters. The summed E-state index contributed by atoms with van der Waals surface area (Å²) in [5, 5.41) is 0. The van der Waals surface area contributed by atoms with Crippen molar-refractivity contribution in [1.29, 1.82) is 0 Å². The number of hydrogen-bond acceptors (Lipinski definition) is 3. The topological polar surface area (TPSA) is 42.4 Å². The van der Waals surface area contributed by atoms with Gasteiger partial charge in [0, 0.05) is 19.2 Å². The van der Waals surface area contributed by atoms with Crippen molar-refractivity contribution in [2.75, 3.05) is 13.1 Å². The number of halogens is 4. The minimum atomic E-state index is -4.47. The van der Waals surface area contributed by atoms with E-state index in [1.165, 1.54) is 4.90 Å². The number of carbonyl (C=O) groups is 1. The van der Waals surface area contributed by atoms with Crippen molar-refractivity contribution < 1.29 is 22.7 Å². The zero-order valence-electron chi connectivity index (χ0n) is 10.4. The molecular formula is C12H12BrF3N2O2. The van der Waals surface area contributed by atoms with E-state index in [9.17, 15) is 18.0 Å². The van der Waals surface area contributed by atoms with Crippen molar-refractivity contribution >= 4 is 21.8 Å². The molecular weight excluding hydrogens is 341 g/mol. The van der Waals surface area contributed by atoms with E-state index < -0.39 is 18.5 Å². The largest absolute Gasteiger partial charge is 0.472 e. The van der Waals surface area contributed by atoms with Crippen LogP contribution in [0, 0.1) is 0 Å². The van der Waals surface area contributed by atoms with Gasteiger partial charge in [0.1, 0.15) is 12.5 Å². The second-order valence-corrected chi connectivity index (χ2v) is 5.30. The number of hydrogen-bond donors (Lipinski definition) is 0. The van der Waals surface area contributed by atoms with Gasteiger partial charge < -0.3 is 9.64 Å². The van der Waals surface area contributed by atoms with Gasteiger partial charge in [0.05, 0.1) is 11.0 Å². The Hall–Kier alpha value is -1.31. The lowest BCUT2D eigenvalue weighted by molar-refractivity contribution is -0.160. The average Bonchev–Trinajstić information content (AvgIpc) is 2.79. The van der Waals surface area contributed by atoms with Crippen LogP contribution in [0.5, 0.6) is 5.88 Å². The first-order valence-corrected chi connectivity index (χ1v) is 6.76. The fourth-order valence-corrected chi connectivity index (χ4v) is 2.30. The van der Waals surface area contributed by atoms with Gasteiger partial charge in [-0.2, -0.15) is 13.2 Å². The summed E-state index contributed by atoms with van der Waals surface area (Å²) in [6, 6.07) is 3.48. The van der Waals surface area contributed by atoms with E-state index in [0.29, 0.717) is 16.8 Å². The van der Waals surface area contributed by atoms with Crippen LogP contribution in [-0.4, -0.2) is 41.2 Å². The van der Waals surface area contributed by atoms with Gasteiger partial charge in [0.2, 0.25) is 11.8 Å². The molecule has 2 rings (SSSR count). The quantitative estimate of drug-likeness (QED) is 0.839. The fourth-order valence-electron chi connectivity index (χ4n) is 1.95. The van der Waals surface area contributed by atoms with E-state index in [-0.39, 0.29) is 19.2 Å². The molecule has 1 amide bonds. The lowest BCUT2D eigenvalue weighted by Crippen LogP contribution is -2.34. The van der Waals surface area contributed by atoms with Crippen LogP contribution in [0.1, 0.15) is 12.8 Å². The summed E-state index contributed by atoms with van der Waals surface area (Å²) in [7, 11) is 0. The average molecular weight is 353 g/mol. The second-order valence-electron chi connectivity index (χ2n) is 4.45. The van der Waals surface area contributed by atoms with Gasteiger partial charge in [-0.1, -0.05) is 0 Å². The third-order valence-electron chi connectivity index (χ3n) is 2.85. The van der Waals surface area contributed by atoms with Crippen LogP contribution in [-0.2, 0) is 4.79 Å². The van der Waals surface area contributed by atoms with Crippen molar-refractivity contribution in [2.24, 2.45) is 0 Å². The van der Waals surface area contributed by atoms with Gasteiger partial charge in [-0.25, -0.2) is 4.98 Å². The fraction of sp³-hybridized carbons (Fsp3) is 0.500. The molecule has 0 unspecified atom stereocenters. The molecule has 1 saturated heterocycles. The summed E-state index contributed by atoms with van der Waals surface area (Å²) in [6.45, 7) is 0.419. The highest BCUT2D eigenvalue weighted by molar-refractivity contribution is 9.10. The van der Waals surface area contributed by atoms with Crippen molar-refractivity contribution in [3.63, 3.8) is 0 Å². The lowest BCUT2D eigenvalue weighted by Gasteiger charge is -2.18. The summed E-state index contributed by atoms with van der Waals surface area (Å²) in [5.74, 6) is -0.536. The van der Waals surface area contributed by atoms with Crippen LogP contribution in [0.25, 0.3) is 0 Å². The van der Waals surface area contributed by atoms with Crippen molar-refractivity contribution in [3.8, 4) is 5.88 Å². The number of likely N-dealkylation sites (tertiary alicyclic amines) is 1. The summed E-state index contributed by atoms with van der Waals surface area (Å²) >= 11 is 3.27. The Kier molecular flexibility index (Phi) is 4.52. The molecule has 8 heteroatoms. The number of alkyl halides is 3. The third-order valence-corrected chi connectivity index (χ3v) is 3.46. The van der Waals surface area contributed by atoms with Crippen LogP contribution in [0.4, 0.5) is 13.2 Å². The smallest absolute Gasteiger partial charge is 0.397 e. The maximum atomic E-state index is 12.2. The molecule has 20 heavy (non-hydrogen) atoms. The minimum Gasteiger partial charge on any atom is -0.472 e. The molecule has 0 spiro atoms. The standard InChI is InChI=1S/C12H12BrF3N2O2/c13-9-2-1-4-17-11(9)20-8-3-5-18(7-8)10(19)6-12(14,15)16/h1-2,4,8H,3,5-7H2/t8-/m0/s1. The van der Waals surface area contributed by atoms with Crippen LogP contribution >= 0.6 is 15.9 Å². The molecule has 0 radical (unpaired) electrons. The first-order valence-electron chi connectivity index (χ1n) is 5.97. The summed E-state index contributed by atoms with van der Waals surface area (Å²) < 4.78 is 42.7. The highest BCUT2D eigenvalue weighted by Gasteiger charge is 2.36. The number of carbonyl (C=O) groups excluding carboxylic acids is 1. The highest BCUT2D eigenvalue weighted by atomic mass is 79.9. The van der Waals surface area contributed by atoms with E-state index in [1.54, 1.807) is 18.3 Å². The molecule has 1 aliphatic heterocycles. The molecule has 0 saturated carbocycles. The van der Waals surface area contributed by atoms with E-state index in [2.05, 4.69) is 20.9 Å². The van der Waals surface area contributed by atoms with Gasteiger partial charge in [-0.15, -0.1) is 0 Å². The number of rotatable bonds is 3. The Morgan fingerprint density at radius 1 is 1.55 bits per heavy atom. The number of pyridine rings is 1. The Morgan fingerprint density at radius 3 is 2.95 bits per heavy atom. The first kappa shape index (κ1) is 15.1. The second kappa shape index (κ2) is 5.99. The van der Waals surface area contributed by atoms with Gasteiger partial charge >= 0.3 is 6.18 Å². The van der Waals surface area contributed by atoms with Crippen LogP contribution in [0.2, 0.25) is 0 Å². The number of amides is 1. The highest BCUT2D eigenvalue weighted by Crippen LogP contribution is 2.26. The van der Waals surface area contributed by atoms with Gasteiger partial charge in [0.25, 0.3) is 0 Å². The van der Waals surface area contributed by atoms with Gasteiger partial charge in [-0.3, -0.25) is 4.79 Å². The molecule has 0 aromatic carbocycles. The van der Waals surface area contributed by atoms with Crippen molar-refractivity contribution in [1.82, 2.24) is 9.88 Å². The predicted molar refractivity (Wildman–Crippen MR) is 68.2 cm³/mol. The third kappa shape index (κ3) is 4.09. The first-order chi connectivity index (χ1) is 9.35. The molecule has 1 aromatic heterocycles. The molecule has 110 valence electrons.